The molecule has 0 aliphatic rings. The maximum absolute atomic E-state index is 12.8. The Balaban J connectivity index is 1.74. The third kappa shape index (κ3) is 4.58. The summed E-state index contributed by atoms with van der Waals surface area (Å²) in [6.07, 6.45) is 1.48. The number of carbonyl (C=O) groups is 1. The normalized spacial score (nSPS) is 11.5. The fourth-order valence-corrected chi connectivity index (χ4v) is 3.82. The fourth-order valence-electron chi connectivity index (χ4n) is 3.26. The smallest absolute Gasteiger partial charge is 0.317 e. The van der Waals surface area contributed by atoms with Crippen LogP contribution in [0.1, 0.15) is 32.0 Å². The number of rotatable bonds is 7. The molecule has 0 aliphatic carbocycles. The first-order valence-electron chi connectivity index (χ1n) is 10.2. The van der Waals surface area contributed by atoms with E-state index in [-0.39, 0.29) is 18.1 Å². The van der Waals surface area contributed by atoms with Crippen molar-refractivity contribution < 1.29 is 14.1 Å². The van der Waals surface area contributed by atoms with Crippen LogP contribution >= 0.6 is 22.6 Å². The Labute approximate surface area is 202 Å². The first kappa shape index (κ1) is 22.8. The van der Waals surface area contributed by atoms with Gasteiger partial charge in [0.2, 0.25) is 0 Å². The van der Waals surface area contributed by atoms with Crippen LogP contribution in [0.15, 0.2) is 52.0 Å². The quantitative estimate of drug-likeness (QED) is 0.270. The number of nitrogens with zero attached hydrogens (tertiary/aromatic N) is 5. The van der Waals surface area contributed by atoms with Gasteiger partial charge in [-0.15, -0.1) is 10.2 Å². The molecule has 0 amide bonds. The first-order chi connectivity index (χ1) is 15.8. The van der Waals surface area contributed by atoms with Crippen LogP contribution in [0.25, 0.3) is 22.9 Å². The molecular formula is C22H21IN6O4. The second-order valence-corrected chi connectivity index (χ2v) is 8.91. The van der Waals surface area contributed by atoms with Crippen molar-refractivity contribution in [1.29, 1.82) is 0 Å². The van der Waals surface area contributed by atoms with Crippen molar-refractivity contribution in [3.05, 3.63) is 67.8 Å². The SMILES string of the molecule is CCOC(=O)C(C)(C)c1nnc(-c2cc(-c3ccon3)n(Cc3ccccc3I)n2)[nH]c1=O. The van der Waals surface area contributed by atoms with Crippen molar-refractivity contribution >= 4 is 28.6 Å². The standard InChI is InChI=1S/C22H21IN6O4/c1-4-32-21(31)22(2,3)18-20(30)24-19(26-25-18)16-11-17(15-9-10-33-28-15)29(27-16)12-13-7-5-6-8-14(13)23/h5-11H,4,12H2,1-3H3,(H,24,26,30). The number of halogens is 1. The molecule has 0 radical (unpaired) electrons. The summed E-state index contributed by atoms with van der Waals surface area (Å²) in [5.41, 5.74) is 0.956. The highest BCUT2D eigenvalue weighted by atomic mass is 127. The molecule has 1 N–H and O–H groups in total. The van der Waals surface area contributed by atoms with Gasteiger partial charge in [-0.2, -0.15) is 5.10 Å². The van der Waals surface area contributed by atoms with Gasteiger partial charge in [0.05, 0.1) is 18.8 Å². The lowest BCUT2D eigenvalue weighted by Crippen LogP contribution is -2.38. The Kier molecular flexibility index (Phi) is 6.40. The van der Waals surface area contributed by atoms with E-state index in [1.54, 1.807) is 37.6 Å². The van der Waals surface area contributed by atoms with Crippen molar-refractivity contribution in [2.24, 2.45) is 0 Å². The Morgan fingerprint density at radius 2 is 2.00 bits per heavy atom. The van der Waals surface area contributed by atoms with Gasteiger partial charge in [-0.05, 0) is 61.1 Å². The number of hydrogen-bond acceptors (Lipinski definition) is 8. The lowest BCUT2D eigenvalue weighted by Gasteiger charge is -2.19. The molecule has 3 aromatic heterocycles. The van der Waals surface area contributed by atoms with Gasteiger partial charge in [0.15, 0.2) is 5.82 Å². The topological polar surface area (TPSA) is 129 Å². The molecule has 1 aromatic carbocycles. The van der Waals surface area contributed by atoms with Crippen LogP contribution in [0.5, 0.6) is 0 Å². The van der Waals surface area contributed by atoms with E-state index >= 15 is 0 Å². The Morgan fingerprint density at radius 3 is 2.67 bits per heavy atom. The summed E-state index contributed by atoms with van der Waals surface area (Å²) in [7, 11) is 0. The van der Waals surface area contributed by atoms with Gasteiger partial charge in [-0.1, -0.05) is 23.4 Å². The van der Waals surface area contributed by atoms with E-state index < -0.39 is 16.9 Å². The van der Waals surface area contributed by atoms with Crippen LogP contribution in [-0.2, 0) is 21.5 Å². The highest BCUT2D eigenvalue weighted by Gasteiger charge is 2.36. The molecule has 33 heavy (non-hydrogen) atoms. The van der Waals surface area contributed by atoms with E-state index in [9.17, 15) is 9.59 Å². The van der Waals surface area contributed by atoms with E-state index in [1.165, 1.54) is 6.26 Å². The summed E-state index contributed by atoms with van der Waals surface area (Å²) in [4.78, 5) is 27.8. The predicted octanol–water partition coefficient (Wildman–Crippen LogP) is 3.18. The number of H-pyrrole nitrogens is 1. The van der Waals surface area contributed by atoms with Crippen molar-refractivity contribution in [2.75, 3.05) is 6.61 Å². The van der Waals surface area contributed by atoms with Gasteiger partial charge in [0, 0.05) is 9.64 Å². The van der Waals surface area contributed by atoms with Crippen LogP contribution in [0.3, 0.4) is 0 Å². The second-order valence-electron chi connectivity index (χ2n) is 7.75. The summed E-state index contributed by atoms with van der Waals surface area (Å²) < 4.78 is 12.9. The lowest BCUT2D eigenvalue weighted by molar-refractivity contribution is -0.149. The zero-order valence-corrected chi connectivity index (χ0v) is 20.4. The highest BCUT2D eigenvalue weighted by molar-refractivity contribution is 14.1. The Morgan fingerprint density at radius 1 is 1.21 bits per heavy atom. The molecule has 4 rings (SSSR count). The summed E-state index contributed by atoms with van der Waals surface area (Å²) >= 11 is 2.27. The first-order valence-corrected chi connectivity index (χ1v) is 11.3. The van der Waals surface area contributed by atoms with Gasteiger partial charge in [0.1, 0.15) is 28.8 Å². The number of aromatic amines is 1. The van der Waals surface area contributed by atoms with Crippen LogP contribution in [0.2, 0.25) is 0 Å². The maximum atomic E-state index is 12.8. The molecule has 11 heteroatoms. The average Bonchev–Trinajstić information content (AvgIpc) is 3.45. The van der Waals surface area contributed by atoms with Crippen LogP contribution in [-0.4, -0.2) is 42.7 Å². The molecule has 0 fully saturated rings. The molecule has 0 saturated heterocycles. The number of esters is 1. The number of ether oxygens (including phenoxy) is 1. The molecule has 170 valence electrons. The molecular weight excluding hydrogens is 539 g/mol. The third-order valence-corrected chi connectivity index (χ3v) is 6.13. The molecule has 0 bridgehead atoms. The number of benzene rings is 1. The summed E-state index contributed by atoms with van der Waals surface area (Å²) in [5.74, 6) is -0.373. The van der Waals surface area contributed by atoms with Gasteiger partial charge in [-0.3, -0.25) is 14.3 Å². The Bertz CT molecular complexity index is 1340. The minimum Gasteiger partial charge on any atom is -0.465 e. The molecule has 10 nitrogen and oxygen atoms in total. The van der Waals surface area contributed by atoms with Crippen molar-refractivity contribution in [2.45, 2.75) is 32.7 Å². The Hall–Kier alpha value is -3.35. The highest BCUT2D eigenvalue weighted by Crippen LogP contribution is 2.25. The van der Waals surface area contributed by atoms with E-state index in [0.717, 1.165) is 9.13 Å². The largest absolute Gasteiger partial charge is 0.465 e. The number of nitrogens with one attached hydrogen (secondary N) is 1. The van der Waals surface area contributed by atoms with Gasteiger partial charge in [0.25, 0.3) is 5.56 Å². The minimum atomic E-state index is -1.25. The molecule has 0 atom stereocenters. The van der Waals surface area contributed by atoms with E-state index in [0.29, 0.717) is 23.6 Å². The monoisotopic (exact) mass is 560 g/mol. The maximum Gasteiger partial charge on any atom is 0.317 e. The second kappa shape index (κ2) is 9.25. The molecule has 0 spiro atoms. The van der Waals surface area contributed by atoms with E-state index in [2.05, 4.69) is 48.0 Å². The molecule has 0 saturated carbocycles. The fraction of sp³-hybridized carbons (Fsp3) is 0.273. The molecule has 3 heterocycles. The number of hydrogen-bond donors (Lipinski definition) is 1. The van der Waals surface area contributed by atoms with Crippen molar-refractivity contribution in [3.8, 4) is 22.9 Å². The minimum absolute atomic E-state index is 0.0281. The van der Waals surface area contributed by atoms with Gasteiger partial charge in [-0.25, -0.2) is 0 Å². The summed E-state index contributed by atoms with van der Waals surface area (Å²) in [5, 5.41) is 16.9. The van der Waals surface area contributed by atoms with E-state index in [4.69, 9.17) is 9.26 Å². The van der Waals surface area contributed by atoms with Crippen LogP contribution in [0, 0.1) is 3.57 Å². The zero-order valence-electron chi connectivity index (χ0n) is 18.2. The third-order valence-electron chi connectivity index (χ3n) is 5.08. The van der Waals surface area contributed by atoms with Crippen LogP contribution < -0.4 is 5.56 Å². The summed E-state index contributed by atoms with van der Waals surface area (Å²) in [6.45, 7) is 5.53. The van der Waals surface area contributed by atoms with E-state index in [1.807, 2.05) is 24.3 Å². The predicted molar refractivity (Wildman–Crippen MR) is 127 cm³/mol. The molecule has 4 aromatic rings. The van der Waals surface area contributed by atoms with Crippen LogP contribution in [0.4, 0.5) is 0 Å². The zero-order chi connectivity index (χ0) is 23.6. The molecule has 0 aliphatic heterocycles. The number of carbonyl (C=O) groups excluding carboxylic acids is 1. The van der Waals surface area contributed by atoms with Crippen molar-refractivity contribution in [3.63, 3.8) is 0 Å². The van der Waals surface area contributed by atoms with Gasteiger partial charge < -0.3 is 14.2 Å². The number of aromatic nitrogens is 6. The van der Waals surface area contributed by atoms with Gasteiger partial charge >= 0.3 is 5.97 Å². The lowest BCUT2D eigenvalue weighted by atomic mass is 9.90. The average molecular weight is 560 g/mol. The molecule has 0 unspecified atom stereocenters. The summed E-state index contributed by atoms with van der Waals surface area (Å²) in [6, 6.07) is 11.5. The van der Waals surface area contributed by atoms with Crippen molar-refractivity contribution in [1.82, 2.24) is 30.1 Å².